The van der Waals surface area contributed by atoms with Crippen molar-refractivity contribution in [3.05, 3.63) is 70.3 Å². The topological polar surface area (TPSA) is 68.9 Å². The second-order valence-electron chi connectivity index (χ2n) is 7.19. The molecule has 3 atom stereocenters. The van der Waals surface area contributed by atoms with Crippen molar-refractivity contribution in [2.45, 2.75) is 31.6 Å². The number of carbonyl (C=O) groups is 2. The molecular weight excluding hydrogens is 378 g/mol. The molecule has 0 saturated heterocycles. The van der Waals surface area contributed by atoms with E-state index in [9.17, 15) is 9.59 Å². The SMILES string of the molecule is COC(=O)C1C(C)=NC2=C(C(=O)C[C@H](c3ccco3)C2)[C@H]1c1ccc(Cl)cc1. The molecule has 0 fully saturated rings. The molecule has 1 aliphatic heterocycles. The fourth-order valence-electron chi connectivity index (χ4n) is 4.25. The molecule has 6 heteroatoms. The maximum Gasteiger partial charge on any atom is 0.315 e. The van der Waals surface area contributed by atoms with E-state index in [4.69, 9.17) is 20.8 Å². The van der Waals surface area contributed by atoms with E-state index in [1.54, 1.807) is 18.4 Å². The molecule has 4 rings (SSSR count). The monoisotopic (exact) mass is 397 g/mol. The lowest BCUT2D eigenvalue weighted by Crippen LogP contribution is -2.37. The number of benzene rings is 1. The third-order valence-electron chi connectivity index (χ3n) is 5.52. The Morgan fingerprint density at radius 3 is 2.61 bits per heavy atom. The van der Waals surface area contributed by atoms with Crippen LogP contribution in [0.1, 0.15) is 42.9 Å². The number of rotatable bonds is 3. The minimum Gasteiger partial charge on any atom is -0.469 e. The summed E-state index contributed by atoms with van der Waals surface area (Å²) in [6, 6.07) is 11.0. The molecule has 5 nitrogen and oxygen atoms in total. The molecule has 0 saturated carbocycles. The van der Waals surface area contributed by atoms with Crippen molar-refractivity contribution in [1.82, 2.24) is 0 Å². The highest BCUT2D eigenvalue weighted by molar-refractivity contribution is 6.30. The second kappa shape index (κ2) is 7.40. The van der Waals surface area contributed by atoms with Crippen molar-refractivity contribution in [2.24, 2.45) is 10.9 Å². The van der Waals surface area contributed by atoms with Crippen molar-refractivity contribution in [3.8, 4) is 0 Å². The van der Waals surface area contributed by atoms with Crippen LogP contribution < -0.4 is 0 Å². The molecule has 0 spiro atoms. The molecule has 1 aromatic carbocycles. The van der Waals surface area contributed by atoms with Crippen LogP contribution in [0.5, 0.6) is 0 Å². The Labute approximate surface area is 168 Å². The van der Waals surface area contributed by atoms with Crippen LogP contribution in [0.25, 0.3) is 0 Å². The Kier molecular flexibility index (Phi) is 4.94. The van der Waals surface area contributed by atoms with E-state index in [1.807, 2.05) is 31.2 Å². The maximum absolute atomic E-state index is 13.2. The lowest BCUT2D eigenvalue weighted by molar-refractivity contribution is -0.143. The first kappa shape index (κ1) is 18.7. The molecule has 28 heavy (non-hydrogen) atoms. The van der Waals surface area contributed by atoms with Gasteiger partial charge in [-0.25, -0.2) is 0 Å². The van der Waals surface area contributed by atoms with Crippen LogP contribution in [0, 0.1) is 5.92 Å². The van der Waals surface area contributed by atoms with Crippen LogP contribution in [0.15, 0.2) is 63.3 Å². The largest absolute Gasteiger partial charge is 0.469 e. The van der Waals surface area contributed by atoms with Gasteiger partial charge in [-0.05, 0) is 36.8 Å². The molecule has 0 amide bonds. The van der Waals surface area contributed by atoms with Gasteiger partial charge in [0, 0.05) is 46.7 Å². The Bertz CT molecular complexity index is 972. The predicted molar refractivity (Wildman–Crippen MR) is 106 cm³/mol. The van der Waals surface area contributed by atoms with Gasteiger partial charge in [-0.15, -0.1) is 0 Å². The highest BCUT2D eigenvalue weighted by Crippen LogP contribution is 2.46. The normalized spacial score (nSPS) is 24.6. The number of ether oxygens (including phenoxy) is 1. The van der Waals surface area contributed by atoms with Gasteiger partial charge < -0.3 is 9.15 Å². The van der Waals surface area contributed by atoms with Gasteiger partial charge in [0.05, 0.1) is 13.4 Å². The summed E-state index contributed by atoms with van der Waals surface area (Å²) in [5, 5.41) is 0.599. The maximum atomic E-state index is 13.2. The lowest BCUT2D eigenvalue weighted by Gasteiger charge is -2.35. The van der Waals surface area contributed by atoms with Gasteiger partial charge in [-0.3, -0.25) is 14.6 Å². The fraction of sp³-hybridized carbons (Fsp3) is 0.318. The first-order chi connectivity index (χ1) is 13.5. The van der Waals surface area contributed by atoms with Gasteiger partial charge >= 0.3 is 5.97 Å². The van der Waals surface area contributed by atoms with Gasteiger partial charge in [0.15, 0.2) is 5.78 Å². The van der Waals surface area contributed by atoms with E-state index < -0.39 is 17.8 Å². The summed E-state index contributed by atoms with van der Waals surface area (Å²) in [4.78, 5) is 30.4. The predicted octanol–water partition coefficient (Wildman–Crippen LogP) is 4.68. The van der Waals surface area contributed by atoms with Crippen molar-refractivity contribution >= 4 is 29.1 Å². The molecule has 0 bridgehead atoms. The molecule has 2 aromatic rings. The van der Waals surface area contributed by atoms with Gasteiger partial charge in [-0.1, -0.05) is 23.7 Å². The Morgan fingerprint density at radius 2 is 1.96 bits per heavy atom. The molecule has 2 aliphatic rings. The molecular formula is C22H20ClNO4. The number of ketones is 1. The Hall–Kier alpha value is -2.66. The zero-order chi connectivity index (χ0) is 19.8. The lowest BCUT2D eigenvalue weighted by atomic mass is 9.70. The third kappa shape index (κ3) is 3.20. The number of allylic oxidation sites excluding steroid dienone is 2. The number of nitrogens with zero attached hydrogens (tertiary/aromatic N) is 1. The van der Waals surface area contributed by atoms with Gasteiger partial charge in [0.1, 0.15) is 11.7 Å². The molecule has 144 valence electrons. The average molecular weight is 398 g/mol. The van der Waals surface area contributed by atoms with Crippen LogP contribution in [-0.4, -0.2) is 24.6 Å². The summed E-state index contributed by atoms with van der Waals surface area (Å²) < 4.78 is 10.6. The van der Waals surface area contributed by atoms with Crippen molar-refractivity contribution in [1.29, 1.82) is 0 Å². The average Bonchev–Trinajstić information content (AvgIpc) is 3.21. The number of Topliss-reactive ketones (excluding diaryl/α,β-unsaturated/α-hetero) is 1. The Balaban J connectivity index is 1.82. The summed E-state index contributed by atoms with van der Waals surface area (Å²) >= 11 is 6.04. The number of methoxy groups -OCH3 is 1. The standard InChI is InChI=1S/C22H20ClNO4/c1-12-19(22(26)27-2)20(13-5-7-15(23)8-6-13)21-16(24-12)10-14(11-17(21)25)18-4-3-9-28-18/h3-9,14,19-20H,10-11H2,1-2H3/t14-,19?,20+/m1/s1. The second-order valence-corrected chi connectivity index (χ2v) is 7.62. The number of furan rings is 1. The molecule has 0 N–H and O–H groups in total. The number of esters is 1. The number of hydrogen-bond donors (Lipinski definition) is 0. The summed E-state index contributed by atoms with van der Waals surface area (Å²) in [6.45, 7) is 1.81. The number of carbonyl (C=O) groups excluding carboxylic acids is 2. The first-order valence-corrected chi connectivity index (χ1v) is 9.55. The summed E-state index contributed by atoms with van der Waals surface area (Å²) in [5.41, 5.74) is 2.84. The summed E-state index contributed by atoms with van der Waals surface area (Å²) in [7, 11) is 1.36. The number of hydrogen-bond acceptors (Lipinski definition) is 5. The van der Waals surface area contributed by atoms with Crippen LogP contribution >= 0.6 is 11.6 Å². The fourth-order valence-corrected chi connectivity index (χ4v) is 4.37. The van der Waals surface area contributed by atoms with Gasteiger partial charge in [0.2, 0.25) is 0 Å². The van der Waals surface area contributed by atoms with Crippen molar-refractivity contribution < 1.29 is 18.7 Å². The van der Waals surface area contributed by atoms with E-state index in [0.717, 1.165) is 17.0 Å². The van der Waals surface area contributed by atoms with E-state index in [-0.39, 0.29) is 11.7 Å². The highest BCUT2D eigenvalue weighted by atomic mass is 35.5. The number of halogens is 1. The minimum absolute atomic E-state index is 0.00671. The van der Waals surface area contributed by atoms with Crippen LogP contribution in [-0.2, 0) is 14.3 Å². The van der Waals surface area contributed by atoms with E-state index in [0.29, 0.717) is 29.1 Å². The smallest absolute Gasteiger partial charge is 0.315 e. The third-order valence-corrected chi connectivity index (χ3v) is 5.77. The van der Waals surface area contributed by atoms with E-state index in [1.165, 1.54) is 7.11 Å². The zero-order valence-electron chi connectivity index (χ0n) is 15.6. The van der Waals surface area contributed by atoms with E-state index >= 15 is 0 Å². The van der Waals surface area contributed by atoms with Crippen LogP contribution in [0.3, 0.4) is 0 Å². The van der Waals surface area contributed by atoms with Crippen LogP contribution in [0.2, 0.25) is 5.02 Å². The van der Waals surface area contributed by atoms with Gasteiger partial charge in [0.25, 0.3) is 0 Å². The Morgan fingerprint density at radius 1 is 1.21 bits per heavy atom. The quantitative estimate of drug-likeness (QED) is 0.705. The first-order valence-electron chi connectivity index (χ1n) is 9.17. The molecule has 1 aromatic heterocycles. The minimum atomic E-state index is -0.631. The van der Waals surface area contributed by atoms with Crippen molar-refractivity contribution in [3.63, 3.8) is 0 Å². The van der Waals surface area contributed by atoms with Crippen molar-refractivity contribution in [2.75, 3.05) is 7.11 Å². The van der Waals surface area contributed by atoms with E-state index in [2.05, 4.69) is 4.99 Å². The summed E-state index contributed by atoms with van der Waals surface area (Å²) in [5.74, 6) is -0.720. The molecule has 2 heterocycles. The molecule has 1 unspecified atom stereocenters. The molecule has 1 aliphatic carbocycles. The molecule has 0 radical (unpaired) electrons. The number of aliphatic imine (C=N–C) groups is 1. The van der Waals surface area contributed by atoms with Gasteiger partial charge in [-0.2, -0.15) is 0 Å². The zero-order valence-corrected chi connectivity index (χ0v) is 16.4. The van der Waals surface area contributed by atoms with Crippen LogP contribution in [0.4, 0.5) is 0 Å². The highest BCUT2D eigenvalue weighted by Gasteiger charge is 2.44. The summed E-state index contributed by atoms with van der Waals surface area (Å²) in [6.07, 6.45) is 2.55.